The Kier molecular flexibility index (Phi) is 34.9. The summed E-state index contributed by atoms with van der Waals surface area (Å²) in [5.74, 6) is -12.5. The van der Waals surface area contributed by atoms with E-state index in [4.69, 9.17) is 4.74 Å². The second kappa shape index (κ2) is 39.4. The van der Waals surface area contributed by atoms with Gasteiger partial charge in [0, 0.05) is 48.2 Å². The van der Waals surface area contributed by atoms with Gasteiger partial charge in [0.25, 0.3) is 5.91 Å². The number of cyclic esters (lactones) is 1. The fraction of sp³-hybridized carbons (Fsp3) is 0.743. The van der Waals surface area contributed by atoms with Crippen LogP contribution in [0, 0.1) is 47.3 Å². The van der Waals surface area contributed by atoms with E-state index < -0.39 is 174 Å². The molecule has 0 aliphatic carbocycles. The quantitative estimate of drug-likeness (QED) is 0.0979. The summed E-state index contributed by atoms with van der Waals surface area (Å²) in [5, 5.41) is 37.4. The van der Waals surface area contributed by atoms with Gasteiger partial charge in [-0.15, -0.1) is 0 Å². The van der Waals surface area contributed by atoms with E-state index in [1.54, 1.807) is 46.9 Å². The molecule has 10 amide bonds. The van der Waals surface area contributed by atoms with Crippen LogP contribution >= 0.6 is 0 Å². The summed E-state index contributed by atoms with van der Waals surface area (Å²) < 4.78 is 5.91. The molecule has 1 aliphatic rings. The van der Waals surface area contributed by atoms with Gasteiger partial charge in [0.05, 0.1) is 31.3 Å². The van der Waals surface area contributed by atoms with Crippen LogP contribution in [0.3, 0.4) is 0 Å². The fourth-order valence-corrected chi connectivity index (χ4v) is 11.9. The molecule has 1 aromatic carbocycles. The first-order chi connectivity index (χ1) is 44.4. The number of benzene rings is 1. The SMILES string of the molecule is CC(C)C[C@@H]1NC(=O)[C@H](CC(C)C)N(C)C(=O)[C@@H](C(C)C)OC(=O)[C@H](C)NC(=O)[C@H](CC(C)C)N(C)C(=O)[C@H](CC(C)C)NC(=O)[C@H](CC(C)C)N(C)CC(=O)CN(C)C(=O)[C@H]([C@@H](C)O)NC(=O)[C@H]([C@H](O)[C@H](C)CC(=O)NCc2ccccc2)N(C)C(=O)[C@H](C(C)C)N(C)C1=O. The number of aliphatic hydroxyl groups excluding tert-OH is 2. The molecule has 1 fully saturated rings. The second-order valence-corrected chi connectivity index (χ2v) is 29.4. The van der Waals surface area contributed by atoms with Crippen LogP contribution < -0.4 is 26.6 Å². The number of nitrogens with zero attached hydrogens (tertiary/aromatic N) is 6. The van der Waals surface area contributed by atoms with Crippen molar-refractivity contribution in [3.8, 4) is 0 Å². The van der Waals surface area contributed by atoms with Gasteiger partial charge in [-0.3, -0.25) is 57.6 Å². The average Bonchev–Trinajstić information content (AvgIpc) is 0.810. The minimum absolute atomic E-state index is 0.0421. The van der Waals surface area contributed by atoms with E-state index in [9.17, 15) is 53.4 Å². The standard InChI is InChI=1S/C70H119N11O15/c1-38(2)29-50-65(90)78(20)53(32-41(7)8)62(87)72-46(16)70(95)96-60(44(13)14)69(94)79(21)54(33-42(9)10)63(88)74-51(30-39(3)4)66(91)80(22)57(43(11)12)68(93)81(23)58(59(85)45(15)34-55(84)71-35-48-27-25-24-26-28-48)64(89)75-56(47(17)82)67(92)77(19)37-49(83)36-76(18)52(31-40(5)6)61(86)73-50/h24-28,38-47,50-54,56-60,82,85H,29-37H2,1-23H3,(H,71,84)(H,72,87)(H,73,86)(H,74,88)(H,75,89)/t45-,46+,47-,50+,51+,52+,53+,54+,56+,57+,58+,59-,60-/m1/s1. The van der Waals surface area contributed by atoms with Crippen LogP contribution in [0.1, 0.15) is 162 Å². The topological polar surface area (TPSA) is 334 Å². The number of hydrogen-bond donors (Lipinski definition) is 7. The number of Topliss-reactive ketones (excluding diaryl/α,β-unsaturated/α-hetero) is 1. The summed E-state index contributed by atoms with van der Waals surface area (Å²) in [6.45, 7) is 28.3. The maximum Gasteiger partial charge on any atom is 0.329 e. The van der Waals surface area contributed by atoms with Gasteiger partial charge >= 0.3 is 5.97 Å². The lowest BCUT2D eigenvalue weighted by Gasteiger charge is -2.40. The Morgan fingerprint density at radius 3 is 1.41 bits per heavy atom. The van der Waals surface area contributed by atoms with Crippen LogP contribution in [0.5, 0.6) is 0 Å². The first kappa shape index (κ1) is 85.0. The summed E-state index contributed by atoms with van der Waals surface area (Å²) in [6.07, 6.45) is -4.74. The Labute approximate surface area is 571 Å². The normalized spacial score (nSPS) is 25.6. The highest BCUT2D eigenvalue weighted by molar-refractivity contribution is 5.99. The van der Waals surface area contributed by atoms with Crippen LogP contribution in [0.4, 0.5) is 0 Å². The zero-order valence-electron chi connectivity index (χ0n) is 61.7. The third-order valence-corrected chi connectivity index (χ3v) is 17.3. The fourth-order valence-electron chi connectivity index (χ4n) is 11.9. The maximum absolute atomic E-state index is 15.3. The first-order valence-corrected chi connectivity index (χ1v) is 34.1. The van der Waals surface area contributed by atoms with Gasteiger partial charge in [0.15, 0.2) is 11.9 Å². The van der Waals surface area contributed by atoms with Crippen LogP contribution in [-0.4, -0.2) is 239 Å². The van der Waals surface area contributed by atoms with Crippen LogP contribution in [-0.2, 0) is 68.8 Å². The summed E-state index contributed by atoms with van der Waals surface area (Å²) >= 11 is 0. The van der Waals surface area contributed by atoms with Crippen molar-refractivity contribution in [3.63, 3.8) is 0 Å². The number of amides is 10. The average molecular weight is 1350 g/mol. The van der Waals surface area contributed by atoms with E-state index in [2.05, 4.69) is 26.6 Å². The molecule has 0 radical (unpaired) electrons. The van der Waals surface area contributed by atoms with Crippen LogP contribution in [0.25, 0.3) is 0 Å². The molecule has 2 rings (SSSR count). The molecule has 26 heteroatoms. The molecule has 1 aliphatic heterocycles. The Balaban J connectivity index is 3.01. The lowest BCUT2D eigenvalue weighted by molar-refractivity contribution is -0.166. The van der Waals surface area contributed by atoms with Crippen molar-refractivity contribution in [3.05, 3.63) is 35.9 Å². The number of carbonyl (C=O) groups is 12. The molecule has 0 aromatic heterocycles. The number of hydrogen-bond acceptors (Lipinski definition) is 16. The van der Waals surface area contributed by atoms with Crippen molar-refractivity contribution in [2.45, 2.75) is 235 Å². The molecule has 1 heterocycles. The monoisotopic (exact) mass is 1350 g/mol. The predicted octanol–water partition coefficient (Wildman–Crippen LogP) is 3.13. The summed E-state index contributed by atoms with van der Waals surface area (Å²) in [5.41, 5.74) is 0.788. The number of ether oxygens (including phenoxy) is 1. The Bertz CT molecular complexity index is 2780. The van der Waals surface area contributed by atoms with Crippen LogP contribution in [0.2, 0.25) is 0 Å². The van der Waals surface area contributed by atoms with Crippen molar-refractivity contribution < 1.29 is 72.5 Å². The molecule has 1 saturated heterocycles. The minimum atomic E-state index is -1.91. The zero-order chi connectivity index (χ0) is 73.7. The summed E-state index contributed by atoms with van der Waals surface area (Å²) in [4.78, 5) is 182. The lowest BCUT2D eigenvalue weighted by Crippen LogP contribution is -2.64. The number of esters is 1. The molecule has 96 heavy (non-hydrogen) atoms. The Morgan fingerprint density at radius 1 is 0.510 bits per heavy atom. The van der Waals surface area contributed by atoms with E-state index in [1.165, 1.54) is 65.8 Å². The van der Waals surface area contributed by atoms with Gasteiger partial charge in [-0.1, -0.05) is 134 Å². The largest absolute Gasteiger partial charge is 0.450 e. The van der Waals surface area contributed by atoms with Crippen molar-refractivity contribution in [2.24, 2.45) is 47.3 Å². The molecule has 0 spiro atoms. The van der Waals surface area contributed by atoms with Gasteiger partial charge in [-0.25, -0.2) is 4.79 Å². The predicted molar refractivity (Wildman–Crippen MR) is 365 cm³/mol. The van der Waals surface area contributed by atoms with Crippen molar-refractivity contribution in [1.29, 1.82) is 0 Å². The van der Waals surface area contributed by atoms with E-state index in [1.807, 2.05) is 87.4 Å². The summed E-state index contributed by atoms with van der Waals surface area (Å²) in [6, 6.07) is -3.37. The number of aliphatic hydroxyl groups is 2. The molecule has 1 aromatic rings. The number of ketones is 1. The third-order valence-electron chi connectivity index (χ3n) is 17.3. The molecule has 7 N–H and O–H groups in total. The highest BCUT2D eigenvalue weighted by atomic mass is 16.6. The molecule has 0 unspecified atom stereocenters. The smallest absolute Gasteiger partial charge is 0.329 e. The van der Waals surface area contributed by atoms with E-state index in [0.717, 1.165) is 25.2 Å². The molecule has 26 nitrogen and oxygen atoms in total. The Hall–Kier alpha value is -7.06. The van der Waals surface area contributed by atoms with Gasteiger partial charge in [-0.2, -0.15) is 0 Å². The van der Waals surface area contributed by atoms with Gasteiger partial charge in [0.2, 0.25) is 53.2 Å². The Morgan fingerprint density at radius 2 is 0.948 bits per heavy atom. The minimum Gasteiger partial charge on any atom is -0.450 e. The number of rotatable bonds is 19. The van der Waals surface area contributed by atoms with Crippen molar-refractivity contribution >= 4 is 70.8 Å². The van der Waals surface area contributed by atoms with Gasteiger partial charge < -0.3 is 66.0 Å². The van der Waals surface area contributed by atoms with Gasteiger partial charge in [0.1, 0.15) is 48.3 Å². The molecule has 0 saturated carbocycles. The van der Waals surface area contributed by atoms with E-state index in [0.29, 0.717) is 0 Å². The molecular weight excluding hydrogens is 1230 g/mol. The first-order valence-electron chi connectivity index (χ1n) is 34.1. The second-order valence-electron chi connectivity index (χ2n) is 29.4. The highest BCUT2D eigenvalue weighted by Gasteiger charge is 2.46. The molecule has 544 valence electrons. The third kappa shape index (κ3) is 25.7. The maximum atomic E-state index is 15.3. The number of likely N-dealkylation sites (N-methyl/N-ethyl adjacent to an activating group) is 6. The molecule has 13 atom stereocenters. The molecule has 0 bridgehead atoms. The van der Waals surface area contributed by atoms with E-state index in [-0.39, 0.29) is 74.7 Å². The summed E-state index contributed by atoms with van der Waals surface area (Å²) in [7, 11) is 8.19. The van der Waals surface area contributed by atoms with E-state index >= 15 is 14.4 Å². The highest BCUT2D eigenvalue weighted by Crippen LogP contribution is 2.25. The number of nitrogens with one attached hydrogen (secondary N) is 5. The lowest BCUT2D eigenvalue weighted by atomic mass is 9.91. The van der Waals surface area contributed by atoms with Crippen LogP contribution in [0.15, 0.2) is 30.3 Å². The van der Waals surface area contributed by atoms with Crippen molar-refractivity contribution in [1.82, 2.24) is 56.0 Å². The number of carbonyl (C=O) groups excluding carboxylic acids is 12. The van der Waals surface area contributed by atoms with Crippen molar-refractivity contribution in [2.75, 3.05) is 55.4 Å². The zero-order valence-corrected chi connectivity index (χ0v) is 61.7. The van der Waals surface area contributed by atoms with Gasteiger partial charge in [-0.05, 0) is 106 Å². The molecular formula is C70H119N11O15.